The molecule has 108 valence electrons. The maximum Gasteiger partial charge on any atom is 0.416 e. The quantitative estimate of drug-likeness (QED) is 0.873. The van der Waals surface area contributed by atoms with E-state index in [0.29, 0.717) is 16.5 Å². The Bertz CT molecular complexity index is 583. The number of halogens is 3. The van der Waals surface area contributed by atoms with Gasteiger partial charge in [-0.1, -0.05) is 23.9 Å². The topological polar surface area (TPSA) is 52.0 Å². The van der Waals surface area contributed by atoms with Gasteiger partial charge in [-0.25, -0.2) is 4.98 Å². The summed E-state index contributed by atoms with van der Waals surface area (Å²) >= 11 is 1.27. The van der Waals surface area contributed by atoms with Crippen LogP contribution < -0.4 is 5.73 Å². The molecule has 0 saturated carbocycles. The predicted octanol–water partition coefficient (Wildman–Crippen LogP) is 3.79. The van der Waals surface area contributed by atoms with Gasteiger partial charge in [-0.15, -0.1) is 0 Å². The molecule has 1 aromatic heterocycles. The molecule has 2 N–H and O–H groups in total. The smallest absolute Gasteiger partial charge is 0.416 e. The first-order valence-corrected chi connectivity index (χ1v) is 6.82. The number of thioether (sulfide) groups is 1. The monoisotopic (exact) mass is 302 g/mol. The van der Waals surface area contributed by atoms with Crippen LogP contribution in [0.2, 0.25) is 0 Å². The van der Waals surface area contributed by atoms with Gasteiger partial charge in [0.1, 0.15) is 6.26 Å². The van der Waals surface area contributed by atoms with Crippen molar-refractivity contribution >= 4 is 11.8 Å². The molecule has 2 rings (SSSR count). The normalized spacial score (nSPS) is 13.4. The molecular weight excluding hydrogens is 289 g/mol. The number of aromatic nitrogens is 1. The fourth-order valence-corrected chi connectivity index (χ4v) is 2.44. The van der Waals surface area contributed by atoms with Crippen LogP contribution in [0, 0.1) is 6.92 Å². The van der Waals surface area contributed by atoms with Crippen LogP contribution >= 0.6 is 11.8 Å². The van der Waals surface area contributed by atoms with Gasteiger partial charge in [-0.2, -0.15) is 13.2 Å². The van der Waals surface area contributed by atoms with Gasteiger partial charge in [-0.3, -0.25) is 0 Å². The van der Waals surface area contributed by atoms with Crippen LogP contribution in [0.25, 0.3) is 0 Å². The molecule has 2 aromatic rings. The molecule has 0 radical (unpaired) electrons. The van der Waals surface area contributed by atoms with Gasteiger partial charge < -0.3 is 10.2 Å². The minimum Gasteiger partial charge on any atom is -0.440 e. The molecule has 3 nitrogen and oxygen atoms in total. The lowest BCUT2D eigenvalue weighted by atomic mass is 10.1. The number of rotatable bonds is 4. The zero-order valence-corrected chi connectivity index (χ0v) is 11.5. The zero-order chi connectivity index (χ0) is 14.8. The summed E-state index contributed by atoms with van der Waals surface area (Å²) in [6.07, 6.45) is -2.85. The molecule has 1 atom stereocenters. The molecule has 0 amide bonds. The highest BCUT2D eigenvalue weighted by Gasteiger charge is 2.30. The van der Waals surface area contributed by atoms with Crippen LogP contribution in [0.3, 0.4) is 0 Å². The number of alkyl halides is 3. The number of aryl methyl sites for hydroxylation is 1. The van der Waals surface area contributed by atoms with Crippen LogP contribution in [-0.4, -0.2) is 10.7 Å². The molecule has 1 heterocycles. The Hall–Kier alpha value is -1.47. The van der Waals surface area contributed by atoms with Crippen molar-refractivity contribution in [3.05, 3.63) is 47.3 Å². The van der Waals surface area contributed by atoms with E-state index in [1.807, 2.05) is 0 Å². The highest BCUT2D eigenvalue weighted by atomic mass is 32.2. The molecule has 0 fully saturated rings. The Morgan fingerprint density at radius 3 is 2.75 bits per heavy atom. The molecule has 0 aliphatic carbocycles. The summed E-state index contributed by atoms with van der Waals surface area (Å²) in [5.41, 5.74) is 6.40. The van der Waals surface area contributed by atoms with Crippen molar-refractivity contribution in [1.82, 2.24) is 4.98 Å². The van der Waals surface area contributed by atoms with Gasteiger partial charge in [0.2, 0.25) is 0 Å². The third-order valence-electron chi connectivity index (χ3n) is 2.63. The van der Waals surface area contributed by atoms with Gasteiger partial charge in [0.05, 0.1) is 11.3 Å². The molecular formula is C13H13F3N2OS. The lowest BCUT2D eigenvalue weighted by Gasteiger charge is -2.13. The van der Waals surface area contributed by atoms with Crippen molar-refractivity contribution in [3.63, 3.8) is 0 Å². The number of oxazole rings is 1. The maximum absolute atomic E-state index is 12.6. The van der Waals surface area contributed by atoms with Crippen LogP contribution in [-0.2, 0) is 6.18 Å². The maximum atomic E-state index is 12.6. The van der Waals surface area contributed by atoms with Crippen LogP contribution in [0.1, 0.15) is 22.9 Å². The first kappa shape index (κ1) is 14.9. The largest absolute Gasteiger partial charge is 0.440 e. The first-order valence-electron chi connectivity index (χ1n) is 5.84. The van der Waals surface area contributed by atoms with E-state index in [-0.39, 0.29) is 0 Å². The molecule has 7 heteroatoms. The Morgan fingerprint density at radius 1 is 1.40 bits per heavy atom. The van der Waals surface area contributed by atoms with Crippen LogP contribution in [0.5, 0.6) is 0 Å². The summed E-state index contributed by atoms with van der Waals surface area (Å²) < 4.78 is 43.0. The van der Waals surface area contributed by atoms with Gasteiger partial charge in [0, 0.05) is 11.8 Å². The number of hydrogen-bond acceptors (Lipinski definition) is 4. The Balaban J connectivity index is 2.03. The molecule has 0 saturated heterocycles. The number of benzene rings is 1. The summed E-state index contributed by atoms with van der Waals surface area (Å²) in [6.45, 7) is 1.79. The second-order valence-electron chi connectivity index (χ2n) is 4.30. The Kier molecular flexibility index (Phi) is 4.39. The summed E-state index contributed by atoms with van der Waals surface area (Å²) in [5, 5.41) is 0.463. The second kappa shape index (κ2) is 5.88. The van der Waals surface area contributed by atoms with E-state index >= 15 is 0 Å². The third-order valence-corrected chi connectivity index (χ3v) is 3.59. The highest BCUT2D eigenvalue weighted by Crippen LogP contribution is 2.31. The molecule has 1 unspecified atom stereocenters. The van der Waals surface area contributed by atoms with Gasteiger partial charge >= 0.3 is 6.18 Å². The molecule has 0 bridgehead atoms. The molecule has 0 aliphatic heterocycles. The predicted molar refractivity (Wildman–Crippen MR) is 70.3 cm³/mol. The van der Waals surface area contributed by atoms with E-state index in [2.05, 4.69) is 4.98 Å². The summed E-state index contributed by atoms with van der Waals surface area (Å²) in [4.78, 5) is 4.09. The summed E-state index contributed by atoms with van der Waals surface area (Å²) in [6, 6.07) is 4.53. The molecule has 0 aliphatic rings. The average Bonchev–Trinajstić information content (AvgIpc) is 2.81. The lowest BCUT2D eigenvalue weighted by molar-refractivity contribution is -0.137. The van der Waals surface area contributed by atoms with E-state index in [4.69, 9.17) is 10.2 Å². The minimum atomic E-state index is -4.36. The molecule has 0 spiro atoms. The van der Waals surface area contributed by atoms with E-state index in [1.165, 1.54) is 24.1 Å². The van der Waals surface area contributed by atoms with Gasteiger partial charge in [0.25, 0.3) is 5.22 Å². The number of nitrogens with two attached hydrogens (primary N) is 1. The second-order valence-corrected chi connectivity index (χ2v) is 5.27. The average molecular weight is 302 g/mol. The van der Waals surface area contributed by atoms with Crippen molar-refractivity contribution < 1.29 is 17.6 Å². The SMILES string of the molecule is Cc1coc(SCC(N)c2cccc(C(F)(F)F)c2)n1. The van der Waals surface area contributed by atoms with E-state index in [0.717, 1.165) is 17.8 Å². The first-order chi connectivity index (χ1) is 9.36. The minimum absolute atomic E-state index is 0.390. The standard InChI is InChI=1S/C13H13F3N2OS/c1-8-6-19-12(18-8)20-7-11(17)9-3-2-4-10(5-9)13(14,15)16/h2-6,11H,7,17H2,1H3. The van der Waals surface area contributed by atoms with Crippen molar-refractivity contribution in [1.29, 1.82) is 0 Å². The Morgan fingerprint density at radius 2 is 2.15 bits per heavy atom. The van der Waals surface area contributed by atoms with Crippen molar-refractivity contribution in [3.8, 4) is 0 Å². The van der Waals surface area contributed by atoms with Crippen molar-refractivity contribution in [2.24, 2.45) is 5.73 Å². The fourth-order valence-electron chi connectivity index (χ4n) is 1.60. The van der Waals surface area contributed by atoms with Gasteiger partial charge in [0.15, 0.2) is 0 Å². The van der Waals surface area contributed by atoms with E-state index in [1.54, 1.807) is 13.0 Å². The van der Waals surface area contributed by atoms with Crippen molar-refractivity contribution in [2.75, 3.05) is 5.75 Å². The van der Waals surface area contributed by atoms with E-state index < -0.39 is 17.8 Å². The van der Waals surface area contributed by atoms with Gasteiger partial charge in [-0.05, 0) is 24.6 Å². The highest BCUT2D eigenvalue weighted by molar-refractivity contribution is 7.99. The lowest BCUT2D eigenvalue weighted by Crippen LogP contribution is -2.14. The Labute approximate surface area is 118 Å². The summed E-state index contributed by atoms with van der Waals surface area (Å²) in [5.74, 6) is 0.390. The van der Waals surface area contributed by atoms with Crippen LogP contribution in [0.15, 0.2) is 40.2 Å². The molecule has 1 aromatic carbocycles. The zero-order valence-electron chi connectivity index (χ0n) is 10.6. The number of nitrogens with zero attached hydrogens (tertiary/aromatic N) is 1. The third kappa shape index (κ3) is 3.77. The summed E-state index contributed by atoms with van der Waals surface area (Å²) in [7, 11) is 0. The van der Waals surface area contributed by atoms with E-state index in [9.17, 15) is 13.2 Å². The fraction of sp³-hybridized carbons (Fsp3) is 0.308. The molecule has 20 heavy (non-hydrogen) atoms. The van der Waals surface area contributed by atoms with Crippen LogP contribution in [0.4, 0.5) is 13.2 Å². The number of hydrogen-bond donors (Lipinski definition) is 1. The van der Waals surface area contributed by atoms with Crippen molar-refractivity contribution in [2.45, 2.75) is 24.4 Å².